The van der Waals surface area contributed by atoms with Gasteiger partial charge in [-0.15, -0.1) is 0 Å². The standard InChI is InChI=1S/C26H28N2O6/c1-15-13-19-14-18(9-10-20(19)34-15)23(29)21-22(16-5-7-17(8-6-16)26(32)33-4)28(12-11-27(2)3)25(31)24(21)30/h5-10,14-15,22,29H,11-13H2,1-4H3/b23-21+/t15-,22-/m1/s1. The number of likely N-dealkylation sites (N-methyl/N-ethyl adjacent to an activating group) is 1. The van der Waals surface area contributed by atoms with Crippen molar-refractivity contribution >= 4 is 23.4 Å². The lowest BCUT2D eigenvalue weighted by Gasteiger charge is -2.26. The number of hydrogen-bond donors (Lipinski definition) is 1. The molecule has 178 valence electrons. The van der Waals surface area contributed by atoms with E-state index in [1.54, 1.807) is 42.5 Å². The fourth-order valence-electron chi connectivity index (χ4n) is 4.41. The lowest BCUT2D eigenvalue weighted by atomic mass is 9.94. The molecule has 1 saturated heterocycles. The van der Waals surface area contributed by atoms with Crippen molar-refractivity contribution in [3.05, 3.63) is 70.3 Å². The van der Waals surface area contributed by atoms with E-state index in [-0.39, 0.29) is 17.4 Å². The first-order chi connectivity index (χ1) is 16.2. The molecule has 0 aromatic heterocycles. The van der Waals surface area contributed by atoms with E-state index in [1.165, 1.54) is 12.0 Å². The first kappa shape index (κ1) is 23.5. The number of likely N-dealkylation sites (tertiary alicyclic amines) is 1. The first-order valence-corrected chi connectivity index (χ1v) is 11.1. The monoisotopic (exact) mass is 464 g/mol. The number of aliphatic hydroxyl groups is 1. The van der Waals surface area contributed by atoms with Gasteiger partial charge in [0.25, 0.3) is 11.7 Å². The minimum Gasteiger partial charge on any atom is -0.507 e. The molecule has 0 aliphatic carbocycles. The van der Waals surface area contributed by atoms with Gasteiger partial charge in [0.05, 0.1) is 24.3 Å². The zero-order valence-corrected chi connectivity index (χ0v) is 19.7. The summed E-state index contributed by atoms with van der Waals surface area (Å²) in [6.45, 7) is 2.80. The number of carbonyl (C=O) groups excluding carboxylic acids is 3. The van der Waals surface area contributed by atoms with Gasteiger partial charge in [0, 0.05) is 25.1 Å². The van der Waals surface area contributed by atoms with Crippen molar-refractivity contribution in [3.8, 4) is 5.75 Å². The molecule has 0 radical (unpaired) electrons. The number of ether oxygens (including phenoxy) is 2. The molecule has 0 spiro atoms. The molecular formula is C26H28N2O6. The van der Waals surface area contributed by atoms with Gasteiger partial charge in [-0.3, -0.25) is 9.59 Å². The fourth-order valence-corrected chi connectivity index (χ4v) is 4.41. The zero-order valence-electron chi connectivity index (χ0n) is 19.7. The van der Waals surface area contributed by atoms with Crippen molar-refractivity contribution < 1.29 is 29.0 Å². The number of benzene rings is 2. The SMILES string of the molecule is COC(=O)c1ccc([C@@H]2/C(=C(\O)c3ccc4c(c3)C[C@@H](C)O4)C(=O)C(=O)N2CCN(C)C)cc1. The van der Waals surface area contributed by atoms with Crippen LogP contribution < -0.4 is 4.74 Å². The Morgan fingerprint density at radius 1 is 1.15 bits per heavy atom. The number of ketones is 1. The molecule has 0 saturated carbocycles. The topological polar surface area (TPSA) is 96.4 Å². The number of rotatable bonds is 6. The molecule has 1 amide bonds. The highest BCUT2D eigenvalue weighted by atomic mass is 16.5. The summed E-state index contributed by atoms with van der Waals surface area (Å²) >= 11 is 0. The van der Waals surface area contributed by atoms with E-state index in [1.807, 2.05) is 25.9 Å². The summed E-state index contributed by atoms with van der Waals surface area (Å²) < 4.78 is 10.5. The minimum absolute atomic E-state index is 0.0292. The largest absolute Gasteiger partial charge is 0.507 e. The Labute approximate surface area is 198 Å². The maximum absolute atomic E-state index is 13.1. The number of carbonyl (C=O) groups is 3. The third-order valence-corrected chi connectivity index (χ3v) is 6.15. The van der Waals surface area contributed by atoms with Crippen LogP contribution in [0.4, 0.5) is 0 Å². The Kier molecular flexibility index (Phi) is 6.43. The molecule has 2 aliphatic heterocycles. The van der Waals surface area contributed by atoms with Crippen LogP contribution in [0.25, 0.3) is 5.76 Å². The lowest BCUT2D eigenvalue weighted by Crippen LogP contribution is -2.35. The molecule has 34 heavy (non-hydrogen) atoms. The number of nitrogens with zero attached hydrogens (tertiary/aromatic N) is 2. The number of hydrogen-bond acceptors (Lipinski definition) is 7. The highest BCUT2D eigenvalue weighted by molar-refractivity contribution is 6.46. The van der Waals surface area contributed by atoms with E-state index in [0.717, 1.165) is 11.3 Å². The third kappa shape index (κ3) is 4.28. The number of esters is 1. The molecular weight excluding hydrogens is 436 g/mol. The second kappa shape index (κ2) is 9.30. The highest BCUT2D eigenvalue weighted by Gasteiger charge is 2.46. The van der Waals surface area contributed by atoms with Gasteiger partial charge in [-0.25, -0.2) is 4.79 Å². The van der Waals surface area contributed by atoms with E-state index in [4.69, 9.17) is 9.47 Å². The van der Waals surface area contributed by atoms with Crippen LogP contribution >= 0.6 is 0 Å². The molecule has 8 heteroatoms. The molecule has 1 fully saturated rings. The van der Waals surface area contributed by atoms with Gasteiger partial charge in [0.2, 0.25) is 0 Å². The van der Waals surface area contributed by atoms with Crippen LogP contribution in [0.3, 0.4) is 0 Å². The molecule has 4 rings (SSSR count). The molecule has 8 nitrogen and oxygen atoms in total. The summed E-state index contributed by atoms with van der Waals surface area (Å²) in [5, 5.41) is 11.3. The molecule has 0 unspecified atom stereocenters. The molecule has 2 aromatic rings. The van der Waals surface area contributed by atoms with Gasteiger partial charge < -0.3 is 24.4 Å². The van der Waals surface area contributed by atoms with Crippen molar-refractivity contribution in [1.29, 1.82) is 0 Å². The van der Waals surface area contributed by atoms with Gasteiger partial charge in [-0.2, -0.15) is 0 Å². The number of amides is 1. The summed E-state index contributed by atoms with van der Waals surface area (Å²) in [6.07, 6.45) is 0.740. The van der Waals surface area contributed by atoms with Crippen LogP contribution in [0.2, 0.25) is 0 Å². The zero-order chi connectivity index (χ0) is 24.6. The van der Waals surface area contributed by atoms with Crippen molar-refractivity contribution in [3.63, 3.8) is 0 Å². The summed E-state index contributed by atoms with van der Waals surface area (Å²) in [5.74, 6) is -1.35. The van der Waals surface area contributed by atoms with Crippen LogP contribution in [0.5, 0.6) is 5.75 Å². The quantitative estimate of drug-likeness (QED) is 0.304. The summed E-state index contributed by atoms with van der Waals surface area (Å²) in [4.78, 5) is 41.4. The summed E-state index contributed by atoms with van der Waals surface area (Å²) in [6, 6.07) is 11.0. The maximum atomic E-state index is 13.1. The second-order valence-corrected chi connectivity index (χ2v) is 8.86. The number of Topliss-reactive ketones (excluding diaryl/α,β-unsaturated/α-hetero) is 1. The number of aliphatic hydroxyl groups excluding tert-OH is 1. The molecule has 2 atom stereocenters. The van der Waals surface area contributed by atoms with E-state index in [2.05, 4.69) is 0 Å². The third-order valence-electron chi connectivity index (χ3n) is 6.15. The van der Waals surface area contributed by atoms with Crippen LogP contribution in [-0.4, -0.2) is 73.0 Å². The Morgan fingerprint density at radius 3 is 2.47 bits per heavy atom. The molecule has 2 aliphatic rings. The van der Waals surface area contributed by atoms with Crippen molar-refractivity contribution in [1.82, 2.24) is 9.80 Å². The van der Waals surface area contributed by atoms with Gasteiger partial charge in [0.15, 0.2) is 0 Å². The Balaban J connectivity index is 1.80. The molecule has 0 bridgehead atoms. The normalized spacial score (nSPS) is 21.0. The van der Waals surface area contributed by atoms with Crippen LogP contribution in [-0.2, 0) is 20.7 Å². The van der Waals surface area contributed by atoms with Crippen LogP contribution in [0.15, 0.2) is 48.0 Å². The second-order valence-electron chi connectivity index (χ2n) is 8.86. The predicted molar refractivity (Wildman–Crippen MR) is 126 cm³/mol. The van der Waals surface area contributed by atoms with Gasteiger partial charge in [0.1, 0.15) is 17.6 Å². The molecule has 1 N–H and O–H groups in total. The Hall–Kier alpha value is -3.65. The van der Waals surface area contributed by atoms with E-state index >= 15 is 0 Å². The van der Waals surface area contributed by atoms with Crippen molar-refractivity contribution in [2.45, 2.75) is 25.5 Å². The average Bonchev–Trinajstić information content (AvgIpc) is 3.32. The molecule has 2 heterocycles. The summed E-state index contributed by atoms with van der Waals surface area (Å²) in [7, 11) is 5.06. The molecule has 2 aromatic carbocycles. The van der Waals surface area contributed by atoms with Crippen LogP contribution in [0, 0.1) is 0 Å². The number of fused-ring (bicyclic) bond motifs is 1. The highest BCUT2D eigenvalue weighted by Crippen LogP contribution is 2.40. The smallest absolute Gasteiger partial charge is 0.337 e. The fraction of sp³-hybridized carbons (Fsp3) is 0.346. The first-order valence-electron chi connectivity index (χ1n) is 11.1. The predicted octanol–water partition coefficient (Wildman–Crippen LogP) is 2.78. The van der Waals surface area contributed by atoms with Gasteiger partial charge >= 0.3 is 5.97 Å². The minimum atomic E-state index is -0.782. The van der Waals surface area contributed by atoms with E-state index < -0.39 is 23.7 Å². The Morgan fingerprint density at radius 2 is 1.82 bits per heavy atom. The lowest BCUT2D eigenvalue weighted by molar-refractivity contribution is -0.140. The van der Waals surface area contributed by atoms with Crippen molar-refractivity contribution in [2.75, 3.05) is 34.3 Å². The maximum Gasteiger partial charge on any atom is 0.337 e. The van der Waals surface area contributed by atoms with Crippen LogP contribution in [0.1, 0.15) is 40.0 Å². The van der Waals surface area contributed by atoms with Crippen molar-refractivity contribution in [2.24, 2.45) is 0 Å². The Bertz CT molecular complexity index is 1170. The average molecular weight is 465 g/mol. The summed E-state index contributed by atoms with van der Waals surface area (Å²) in [5.41, 5.74) is 2.40. The van der Waals surface area contributed by atoms with Gasteiger partial charge in [-0.1, -0.05) is 12.1 Å². The number of methoxy groups -OCH3 is 1. The van der Waals surface area contributed by atoms with Gasteiger partial charge in [-0.05, 0) is 62.5 Å². The van der Waals surface area contributed by atoms with E-state index in [0.29, 0.717) is 36.2 Å². The van der Waals surface area contributed by atoms with E-state index in [9.17, 15) is 19.5 Å².